The fourth-order valence-corrected chi connectivity index (χ4v) is 4.76. The Morgan fingerprint density at radius 1 is 1.13 bits per heavy atom. The number of nitrogens with zero attached hydrogens (tertiary/aromatic N) is 3. The lowest BCUT2D eigenvalue weighted by Gasteiger charge is -2.34. The Labute approximate surface area is 183 Å². The normalized spacial score (nSPS) is 23.1. The number of carbonyl (C=O) groups excluding carboxylic acids is 1. The monoisotopic (exact) mass is 428 g/mol. The summed E-state index contributed by atoms with van der Waals surface area (Å²) >= 11 is 0. The molecule has 31 heavy (non-hydrogen) atoms. The molecule has 2 fully saturated rings. The van der Waals surface area contributed by atoms with E-state index in [0.717, 1.165) is 75.1 Å². The predicted octanol–water partition coefficient (Wildman–Crippen LogP) is 3.51. The Balaban J connectivity index is 1.25. The van der Waals surface area contributed by atoms with Crippen LogP contribution >= 0.6 is 0 Å². The zero-order chi connectivity index (χ0) is 21.8. The van der Waals surface area contributed by atoms with Crippen LogP contribution < -0.4 is 5.32 Å². The summed E-state index contributed by atoms with van der Waals surface area (Å²) in [5, 5.41) is 7.89. The molecule has 0 spiro atoms. The molecule has 1 aromatic heterocycles. The average molecular weight is 429 g/mol. The number of rotatable bonds is 6. The summed E-state index contributed by atoms with van der Waals surface area (Å²) in [7, 11) is 3.71. The highest BCUT2D eigenvalue weighted by molar-refractivity contribution is 5.79. The van der Waals surface area contributed by atoms with Crippen molar-refractivity contribution in [2.45, 2.75) is 57.2 Å². The second kappa shape index (κ2) is 9.92. The molecule has 0 unspecified atom stereocenters. The van der Waals surface area contributed by atoms with Gasteiger partial charge in [0.2, 0.25) is 5.91 Å². The highest BCUT2D eigenvalue weighted by atomic mass is 19.1. The number of benzene rings is 1. The van der Waals surface area contributed by atoms with Gasteiger partial charge in [-0.1, -0.05) is 0 Å². The minimum absolute atomic E-state index is 0.142. The molecule has 1 aliphatic carbocycles. The SMILES string of the molecule is COC1CCC(C(=O)NC2CCN(Cc3cc(-c4ccc(F)cc4)nn3C)CC2)CC1. The average Bonchev–Trinajstić information content (AvgIpc) is 3.15. The summed E-state index contributed by atoms with van der Waals surface area (Å²) in [4.78, 5) is 15.1. The van der Waals surface area contributed by atoms with Gasteiger partial charge in [0.1, 0.15) is 5.82 Å². The number of likely N-dealkylation sites (tertiary alicyclic amines) is 1. The van der Waals surface area contributed by atoms with Crippen molar-refractivity contribution in [2.75, 3.05) is 20.2 Å². The maximum Gasteiger partial charge on any atom is 0.223 e. The maximum absolute atomic E-state index is 13.2. The van der Waals surface area contributed by atoms with Crippen LogP contribution in [0.2, 0.25) is 0 Å². The van der Waals surface area contributed by atoms with Gasteiger partial charge in [0.05, 0.1) is 17.5 Å². The van der Waals surface area contributed by atoms with Gasteiger partial charge < -0.3 is 10.1 Å². The minimum Gasteiger partial charge on any atom is -0.381 e. The fourth-order valence-electron chi connectivity index (χ4n) is 4.76. The van der Waals surface area contributed by atoms with Crippen LogP contribution in [0.25, 0.3) is 11.3 Å². The van der Waals surface area contributed by atoms with Crippen LogP contribution in [0, 0.1) is 11.7 Å². The zero-order valence-corrected chi connectivity index (χ0v) is 18.5. The first kappa shape index (κ1) is 22.0. The van der Waals surface area contributed by atoms with Crippen molar-refractivity contribution < 1.29 is 13.9 Å². The third kappa shape index (κ3) is 5.52. The van der Waals surface area contributed by atoms with E-state index in [9.17, 15) is 9.18 Å². The van der Waals surface area contributed by atoms with Crippen LogP contribution in [-0.4, -0.2) is 52.9 Å². The van der Waals surface area contributed by atoms with E-state index in [0.29, 0.717) is 6.10 Å². The van der Waals surface area contributed by atoms with Crippen LogP contribution in [0.3, 0.4) is 0 Å². The van der Waals surface area contributed by atoms with E-state index in [4.69, 9.17) is 4.74 Å². The van der Waals surface area contributed by atoms with Crippen molar-refractivity contribution >= 4 is 5.91 Å². The second-order valence-corrected chi connectivity index (χ2v) is 8.92. The van der Waals surface area contributed by atoms with E-state index >= 15 is 0 Å². The molecule has 1 N–H and O–H groups in total. The number of aryl methyl sites for hydroxylation is 1. The highest BCUT2D eigenvalue weighted by Gasteiger charge is 2.29. The molecule has 1 saturated carbocycles. The Morgan fingerprint density at radius 3 is 2.45 bits per heavy atom. The van der Waals surface area contributed by atoms with Gasteiger partial charge in [-0.25, -0.2) is 4.39 Å². The van der Waals surface area contributed by atoms with Gasteiger partial charge in [-0.3, -0.25) is 14.4 Å². The van der Waals surface area contributed by atoms with E-state index < -0.39 is 0 Å². The van der Waals surface area contributed by atoms with Crippen molar-refractivity contribution in [1.29, 1.82) is 0 Å². The smallest absolute Gasteiger partial charge is 0.223 e. The Morgan fingerprint density at radius 2 is 1.81 bits per heavy atom. The van der Waals surface area contributed by atoms with Crippen molar-refractivity contribution in [2.24, 2.45) is 13.0 Å². The van der Waals surface area contributed by atoms with Crippen LogP contribution in [0.15, 0.2) is 30.3 Å². The molecule has 1 saturated heterocycles. The highest BCUT2D eigenvalue weighted by Crippen LogP contribution is 2.27. The Bertz CT molecular complexity index is 866. The molecule has 6 nitrogen and oxygen atoms in total. The number of carbonyl (C=O) groups is 1. The first-order chi connectivity index (χ1) is 15.0. The fraction of sp³-hybridized carbons (Fsp3) is 0.583. The Hall–Kier alpha value is -2.25. The van der Waals surface area contributed by atoms with E-state index in [1.165, 1.54) is 12.1 Å². The quantitative estimate of drug-likeness (QED) is 0.765. The first-order valence-corrected chi connectivity index (χ1v) is 11.4. The largest absolute Gasteiger partial charge is 0.381 e. The number of methoxy groups -OCH3 is 1. The topological polar surface area (TPSA) is 59.4 Å². The van der Waals surface area contributed by atoms with Crippen molar-refractivity contribution in [3.63, 3.8) is 0 Å². The van der Waals surface area contributed by atoms with Gasteiger partial charge in [-0.05, 0) is 68.9 Å². The summed E-state index contributed by atoms with van der Waals surface area (Å²) < 4.78 is 20.5. The number of nitrogens with one attached hydrogen (secondary N) is 1. The van der Waals surface area contributed by atoms with E-state index in [2.05, 4.69) is 21.4 Å². The molecule has 0 atom stereocenters. The molecule has 168 valence electrons. The van der Waals surface area contributed by atoms with Gasteiger partial charge >= 0.3 is 0 Å². The molecular formula is C24H33FN4O2. The molecule has 1 amide bonds. The number of piperidine rings is 1. The lowest BCUT2D eigenvalue weighted by atomic mass is 9.86. The van der Waals surface area contributed by atoms with Crippen molar-refractivity contribution in [1.82, 2.24) is 20.0 Å². The second-order valence-electron chi connectivity index (χ2n) is 8.92. The van der Waals surface area contributed by atoms with E-state index in [-0.39, 0.29) is 23.7 Å². The summed E-state index contributed by atoms with van der Waals surface area (Å²) in [6.07, 6.45) is 6.10. The van der Waals surface area contributed by atoms with Crippen molar-refractivity contribution in [3.8, 4) is 11.3 Å². The van der Waals surface area contributed by atoms with Gasteiger partial charge in [-0.2, -0.15) is 5.10 Å². The van der Waals surface area contributed by atoms with Crippen molar-refractivity contribution in [3.05, 3.63) is 41.8 Å². The van der Waals surface area contributed by atoms with Crippen LogP contribution in [0.4, 0.5) is 4.39 Å². The molecule has 7 heteroatoms. The van der Waals surface area contributed by atoms with Gasteiger partial charge in [0.15, 0.2) is 0 Å². The summed E-state index contributed by atoms with van der Waals surface area (Å²) in [6, 6.07) is 8.80. The first-order valence-electron chi connectivity index (χ1n) is 11.4. The summed E-state index contributed by atoms with van der Waals surface area (Å²) in [5.41, 5.74) is 2.92. The number of amides is 1. The van der Waals surface area contributed by atoms with Gasteiger partial charge in [0.25, 0.3) is 0 Å². The number of hydrogen-bond acceptors (Lipinski definition) is 4. The standard InChI is InChI=1S/C24H33FN4O2/c1-28-21(15-23(27-28)17-3-7-19(25)8-4-17)16-29-13-11-20(12-14-29)26-24(30)18-5-9-22(31-2)10-6-18/h3-4,7-8,15,18,20,22H,5-6,9-14,16H2,1-2H3,(H,26,30). The number of ether oxygens (including phenoxy) is 1. The lowest BCUT2D eigenvalue weighted by Crippen LogP contribution is -2.46. The molecule has 0 radical (unpaired) electrons. The van der Waals surface area contributed by atoms with Gasteiger partial charge in [0, 0.05) is 51.3 Å². The third-order valence-corrected chi connectivity index (χ3v) is 6.81. The number of hydrogen-bond donors (Lipinski definition) is 1. The molecule has 2 heterocycles. The molecule has 0 bridgehead atoms. The summed E-state index contributed by atoms with van der Waals surface area (Å²) in [6.45, 7) is 2.74. The molecule has 1 aliphatic heterocycles. The molecule has 2 aliphatic rings. The van der Waals surface area contributed by atoms with Gasteiger partial charge in [-0.15, -0.1) is 0 Å². The minimum atomic E-state index is -0.238. The van der Waals surface area contributed by atoms with Crippen LogP contribution in [0.5, 0.6) is 0 Å². The zero-order valence-electron chi connectivity index (χ0n) is 18.5. The molecule has 4 rings (SSSR count). The van der Waals surface area contributed by atoms with Crippen LogP contribution in [-0.2, 0) is 23.1 Å². The Kier molecular flexibility index (Phi) is 7.02. The van der Waals surface area contributed by atoms with Crippen LogP contribution in [0.1, 0.15) is 44.2 Å². The predicted molar refractivity (Wildman–Crippen MR) is 118 cm³/mol. The third-order valence-electron chi connectivity index (χ3n) is 6.81. The summed E-state index contributed by atoms with van der Waals surface area (Å²) in [5.74, 6) is 0.129. The lowest BCUT2D eigenvalue weighted by molar-refractivity contribution is -0.127. The van der Waals surface area contributed by atoms with E-state index in [1.807, 2.05) is 11.7 Å². The van der Waals surface area contributed by atoms with E-state index in [1.54, 1.807) is 19.2 Å². The molecule has 2 aromatic rings. The molecule has 1 aromatic carbocycles. The number of aromatic nitrogens is 2. The molecular weight excluding hydrogens is 395 g/mol. The number of halogens is 1. The maximum atomic E-state index is 13.2.